The number of aliphatic hydroxyl groups is 2. The molecule has 0 saturated heterocycles. The first-order chi connectivity index (χ1) is 12.9. The van der Waals surface area contributed by atoms with Crippen LogP contribution in [0.5, 0.6) is 5.75 Å². The van der Waals surface area contributed by atoms with Crippen molar-refractivity contribution in [3.8, 4) is 5.75 Å². The number of aromatic nitrogens is 2. The molecule has 1 fully saturated rings. The number of carbonyl (C=O) groups excluding carboxylic acids is 1. The van der Waals surface area contributed by atoms with Crippen molar-refractivity contribution in [3.05, 3.63) is 33.7 Å². The van der Waals surface area contributed by atoms with E-state index in [1.807, 2.05) is 0 Å². The maximum Gasteiger partial charge on any atom is 0.266 e. The number of rotatable bonds is 5. The SMILES string of the molecule is CC1CCC(NC(=O)c2c(O)c3c(CC(O)CO)ccnc3[nH]c2=O)CC1. The Morgan fingerprint density at radius 3 is 2.74 bits per heavy atom. The molecule has 1 aliphatic carbocycles. The van der Waals surface area contributed by atoms with E-state index in [4.69, 9.17) is 5.11 Å². The van der Waals surface area contributed by atoms with Gasteiger partial charge in [-0.1, -0.05) is 6.92 Å². The summed E-state index contributed by atoms with van der Waals surface area (Å²) in [5, 5.41) is 32.5. The van der Waals surface area contributed by atoms with Crippen LogP contribution >= 0.6 is 0 Å². The van der Waals surface area contributed by atoms with Crippen LogP contribution in [0, 0.1) is 5.92 Å². The predicted octanol–water partition coefficient (Wildman–Crippen LogP) is 0.833. The average Bonchev–Trinajstić information content (AvgIpc) is 2.63. The summed E-state index contributed by atoms with van der Waals surface area (Å²) in [6.45, 7) is 1.73. The van der Waals surface area contributed by atoms with E-state index in [0.717, 1.165) is 25.7 Å². The molecule has 3 rings (SSSR count). The van der Waals surface area contributed by atoms with Crippen molar-refractivity contribution in [3.63, 3.8) is 0 Å². The summed E-state index contributed by atoms with van der Waals surface area (Å²) in [5.41, 5.74) is -0.457. The van der Waals surface area contributed by atoms with E-state index in [9.17, 15) is 19.8 Å². The summed E-state index contributed by atoms with van der Waals surface area (Å²) in [7, 11) is 0. The topological polar surface area (TPSA) is 136 Å². The highest BCUT2D eigenvalue weighted by molar-refractivity contribution is 6.02. The van der Waals surface area contributed by atoms with Crippen LogP contribution in [0.1, 0.15) is 48.5 Å². The van der Waals surface area contributed by atoms with Gasteiger partial charge >= 0.3 is 0 Å². The molecule has 8 heteroatoms. The molecule has 0 spiro atoms. The molecule has 1 unspecified atom stereocenters. The first kappa shape index (κ1) is 19.3. The number of carbonyl (C=O) groups is 1. The number of aromatic amines is 1. The van der Waals surface area contributed by atoms with Crippen LogP contribution in [0.15, 0.2) is 17.1 Å². The smallest absolute Gasteiger partial charge is 0.266 e. The van der Waals surface area contributed by atoms with Gasteiger partial charge in [-0.05, 0) is 43.2 Å². The first-order valence-electron chi connectivity index (χ1n) is 9.23. The Labute approximate surface area is 156 Å². The normalized spacial score (nSPS) is 21.1. The third-order valence-electron chi connectivity index (χ3n) is 5.21. The van der Waals surface area contributed by atoms with Crippen LogP contribution in [0.3, 0.4) is 0 Å². The molecule has 8 nitrogen and oxygen atoms in total. The fourth-order valence-electron chi connectivity index (χ4n) is 3.62. The quantitative estimate of drug-likeness (QED) is 0.525. The lowest BCUT2D eigenvalue weighted by Crippen LogP contribution is -2.39. The van der Waals surface area contributed by atoms with Crippen LogP contribution in [0.4, 0.5) is 0 Å². The van der Waals surface area contributed by atoms with E-state index in [1.165, 1.54) is 6.20 Å². The molecule has 2 aromatic rings. The lowest BCUT2D eigenvalue weighted by atomic mass is 9.87. The van der Waals surface area contributed by atoms with E-state index in [1.54, 1.807) is 6.07 Å². The third-order valence-corrected chi connectivity index (χ3v) is 5.21. The molecule has 1 atom stereocenters. The summed E-state index contributed by atoms with van der Waals surface area (Å²) < 4.78 is 0. The number of nitrogens with one attached hydrogen (secondary N) is 2. The summed E-state index contributed by atoms with van der Waals surface area (Å²) in [6.07, 6.45) is 4.17. The minimum absolute atomic E-state index is 0.0206. The minimum atomic E-state index is -1.02. The molecule has 146 valence electrons. The predicted molar refractivity (Wildman–Crippen MR) is 99.7 cm³/mol. The van der Waals surface area contributed by atoms with Crippen molar-refractivity contribution in [2.75, 3.05) is 6.61 Å². The van der Waals surface area contributed by atoms with Gasteiger partial charge in [0.1, 0.15) is 17.0 Å². The molecule has 0 aliphatic heterocycles. The van der Waals surface area contributed by atoms with Gasteiger partial charge in [0.15, 0.2) is 0 Å². The third kappa shape index (κ3) is 4.12. The van der Waals surface area contributed by atoms with Crippen LogP contribution < -0.4 is 10.9 Å². The Hall–Kier alpha value is -2.45. The second-order valence-electron chi connectivity index (χ2n) is 7.34. The first-order valence-corrected chi connectivity index (χ1v) is 9.23. The van der Waals surface area contributed by atoms with Gasteiger partial charge in [0, 0.05) is 18.7 Å². The Balaban J connectivity index is 1.96. The largest absolute Gasteiger partial charge is 0.506 e. The number of hydrogen-bond donors (Lipinski definition) is 5. The number of amides is 1. The highest BCUT2D eigenvalue weighted by atomic mass is 16.3. The average molecular weight is 375 g/mol. The Kier molecular flexibility index (Phi) is 5.76. The van der Waals surface area contributed by atoms with E-state index in [-0.39, 0.29) is 29.1 Å². The van der Waals surface area contributed by atoms with Gasteiger partial charge in [0.25, 0.3) is 11.5 Å². The molecule has 1 amide bonds. The van der Waals surface area contributed by atoms with Gasteiger partial charge < -0.3 is 25.6 Å². The fraction of sp³-hybridized carbons (Fsp3) is 0.526. The standard InChI is InChI=1S/C19H25N3O5/c1-10-2-4-12(5-3-10)21-18(26)15-16(25)14-11(8-13(24)9-23)6-7-20-17(14)22-19(15)27/h6-7,10,12-13,23-24H,2-5,8-9H2,1H3,(H,21,26)(H2,20,22,25,27). The number of aromatic hydroxyl groups is 1. The van der Waals surface area contributed by atoms with E-state index >= 15 is 0 Å². The van der Waals surface area contributed by atoms with Crippen molar-refractivity contribution in [2.24, 2.45) is 5.92 Å². The Morgan fingerprint density at radius 2 is 2.07 bits per heavy atom. The summed E-state index contributed by atoms with van der Waals surface area (Å²) in [4.78, 5) is 31.6. The summed E-state index contributed by atoms with van der Waals surface area (Å²) in [6, 6.07) is 1.55. The molecule has 1 aliphatic rings. The molecular formula is C19H25N3O5. The number of aliphatic hydroxyl groups excluding tert-OH is 2. The van der Waals surface area contributed by atoms with Crippen molar-refractivity contribution < 1.29 is 20.1 Å². The highest BCUT2D eigenvalue weighted by Gasteiger charge is 2.25. The zero-order valence-electron chi connectivity index (χ0n) is 15.2. The monoisotopic (exact) mass is 375 g/mol. The van der Waals surface area contributed by atoms with Crippen molar-refractivity contribution >= 4 is 16.9 Å². The molecule has 2 aromatic heterocycles. The molecule has 0 aromatic carbocycles. The Bertz CT molecular complexity index is 887. The molecule has 2 heterocycles. The second kappa shape index (κ2) is 8.06. The molecule has 1 saturated carbocycles. The Morgan fingerprint density at radius 1 is 1.37 bits per heavy atom. The molecule has 5 N–H and O–H groups in total. The van der Waals surface area contributed by atoms with E-state index in [0.29, 0.717) is 11.5 Å². The summed E-state index contributed by atoms with van der Waals surface area (Å²) >= 11 is 0. The minimum Gasteiger partial charge on any atom is -0.506 e. The van der Waals surface area contributed by atoms with E-state index < -0.39 is 29.9 Å². The number of fused-ring (bicyclic) bond motifs is 1. The van der Waals surface area contributed by atoms with Gasteiger partial charge in [-0.15, -0.1) is 0 Å². The molecule has 27 heavy (non-hydrogen) atoms. The van der Waals surface area contributed by atoms with Crippen molar-refractivity contribution in [1.29, 1.82) is 0 Å². The van der Waals surface area contributed by atoms with Crippen LogP contribution in [-0.2, 0) is 6.42 Å². The van der Waals surface area contributed by atoms with Gasteiger partial charge in [0.2, 0.25) is 0 Å². The van der Waals surface area contributed by atoms with Crippen molar-refractivity contribution in [2.45, 2.75) is 51.2 Å². The van der Waals surface area contributed by atoms with Crippen LogP contribution in [0.2, 0.25) is 0 Å². The summed E-state index contributed by atoms with van der Waals surface area (Å²) in [5.74, 6) is -0.446. The molecule has 0 radical (unpaired) electrons. The van der Waals surface area contributed by atoms with Gasteiger partial charge in [-0.3, -0.25) is 9.59 Å². The second-order valence-corrected chi connectivity index (χ2v) is 7.34. The molecular weight excluding hydrogens is 350 g/mol. The number of hydrogen-bond acceptors (Lipinski definition) is 6. The fourth-order valence-corrected chi connectivity index (χ4v) is 3.62. The van der Waals surface area contributed by atoms with Crippen molar-refractivity contribution in [1.82, 2.24) is 15.3 Å². The zero-order valence-corrected chi connectivity index (χ0v) is 15.2. The maximum absolute atomic E-state index is 12.7. The van der Waals surface area contributed by atoms with E-state index in [2.05, 4.69) is 22.2 Å². The van der Waals surface area contributed by atoms with Crippen LogP contribution in [0.25, 0.3) is 11.0 Å². The lowest BCUT2D eigenvalue weighted by molar-refractivity contribution is 0.0919. The van der Waals surface area contributed by atoms with Gasteiger partial charge in [-0.2, -0.15) is 0 Å². The highest BCUT2D eigenvalue weighted by Crippen LogP contribution is 2.29. The zero-order chi connectivity index (χ0) is 19.6. The molecule has 0 bridgehead atoms. The van der Waals surface area contributed by atoms with Gasteiger partial charge in [0.05, 0.1) is 18.1 Å². The maximum atomic E-state index is 12.7. The number of pyridine rings is 2. The van der Waals surface area contributed by atoms with Gasteiger partial charge in [-0.25, -0.2) is 4.98 Å². The van der Waals surface area contributed by atoms with Crippen LogP contribution in [-0.4, -0.2) is 49.9 Å². The number of H-pyrrole nitrogens is 1. The number of nitrogens with zero attached hydrogens (tertiary/aromatic N) is 1. The lowest BCUT2D eigenvalue weighted by Gasteiger charge is -2.26.